The van der Waals surface area contributed by atoms with Crippen LogP contribution in [0.1, 0.15) is 35.6 Å². The molecule has 0 spiro atoms. The summed E-state index contributed by atoms with van der Waals surface area (Å²) >= 11 is 5.19. The molecule has 0 bridgehead atoms. The Labute approximate surface area is 126 Å². The van der Waals surface area contributed by atoms with E-state index < -0.39 is 0 Å². The van der Waals surface area contributed by atoms with Crippen LogP contribution in [0.5, 0.6) is 0 Å². The van der Waals surface area contributed by atoms with Crippen LogP contribution < -0.4 is 5.32 Å². The average Bonchev–Trinajstić information content (AvgIpc) is 2.81. The number of aryl methyl sites for hydroxylation is 2. The molecule has 2 rings (SSSR count). The highest BCUT2D eigenvalue weighted by atomic mass is 79.9. The van der Waals surface area contributed by atoms with E-state index in [2.05, 4.69) is 45.7 Å². The van der Waals surface area contributed by atoms with Gasteiger partial charge in [0, 0.05) is 18.2 Å². The molecular weight excluding hydrogens is 334 g/mol. The van der Waals surface area contributed by atoms with Crippen LogP contribution in [-0.4, -0.2) is 0 Å². The van der Waals surface area contributed by atoms with Gasteiger partial charge in [0.25, 0.3) is 0 Å². The van der Waals surface area contributed by atoms with Gasteiger partial charge in [-0.2, -0.15) is 0 Å². The largest absolute Gasteiger partial charge is 0.466 e. The Morgan fingerprint density at radius 3 is 2.61 bits per heavy atom. The lowest BCUT2D eigenvalue weighted by Gasteiger charge is -2.12. The number of hydrogen-bond donors (Lipinski definition) is 1. The Morgan fingerprint density at radius 1 is 1.39 bits per heavy atom. The molecule has 18 heavy (non-hydrogen) atoms. The molecule has 1 atom stereocenters. The van der Waals surface area contributed by atoms with E-state index in [1.165, 1.54) is 14.9 Å². The van der Waals surface area contributed by atoms with Gasteiger partial charge in [-0.15, -0.1) is 23.7 Å². The normalized spacial score (nSPS) is 12.2. The zero-order valence-electron chi connectivity index (χ0n) is 10.6. The molecule has 0 aliphatic heterocycles. The Kier molecular flexibility index (Phi) is 5.92. The lowest BCUT2D eigenvalue weighted by molar-refractivity contribution is 0.490. The van der Waals surface area contributed by atoms with Gasteiger partial charge < -0.3 is 9.73 Å². The molecule has 5 heteroatoms. The third kappa shape index (κ3) is 3.85. The molecule has 2 heterocycles. The molecule has 0 aromatic carbocycles. The van der Waals surface area contributed by atoms with Gasteiger partial charge in [0.15, 0.2) is 0 Å². The van der Waals surface area contributed by atoms with Gasteiger partial charge in [-0.3, -0.25) is 0 Å². The summed E-state index contributed by atoms with van der Waals surface area (Å²) in [6.45, 7) is 7.05. The summed E-state index contributed by atoms with van der Waals surface area (Å²) in [5.41, 5.74) is 2.56. The van der Waals surface area contributed by atoms with E-state index in [4.69, 9.17) is 4.42 Å². The van der Waals surface area contributed by atoms with Crippen LogP contribution in [0, 0.1) is 13.8 Å². The molecule has 0 saturated heterocycles. The number of hydrogen-bond acceptors (Lipinski definition) is 3. The second-order valence-electron chi connectivity index (χ2n) is 4.23. The van der Waals surface area contributed by atoms with Crippen LogP contribution in [0.2, 0.25) is 0 Å². The summed E-state index contributed by atoms with van der Waals surface area (Å²) in [5.74, 6) is 1.98. The highest BCUT2D eigenvalue weighted by molar-refractivity contribution is 9.11. The fourth-order valence-electron chi connectivity index (χ4n) is 1.90. The third-order valence-electron chi connectivity index (χ3n) is 2.78. The van der Waals surface area contributed by atoms with Crippen molar-refractivity contribution in [1.29, 1.82) is 0 Å². The van der Waals surface area contributed by atoms with Crippen LogP contribution in [0.25, 0.3) is 0 Å². The molecule has 100 valence electrons. The predicted molar refractivity (Wildman–Crippen MR) is 82.7 cm³/mol. The summed E-state index contributed by atoms with van der Waals surface area (Å²) in [7, 11) is 0. The van der Waals surface area contributed by atoms with E-state index >= 15 is 0 Å². The predicted octanol–water partition coefficient (Wildman–Crippen LogP) is 4.99. The zero-order valence-corrected chi connectivity index (χ0v) is 13.8. The molecule has 0 aliphatic rings. The standard InChI is InChI=1S/C13H16BrNOS.ClH/c1-8-4-12(10(3)16-8)9(2)15-6-11-5-13(14)17-7-11;/h4-5,7,9,15H,6H2,1-3H3;1H. The van der Waals surface area contributed by atoms with Crippen molar-refractivity contribution in [2.75, 3.05) is 0 Å². The Hall–Kier alpha value is -0.290. The van der Waals surface area contributed by atoms with E-state index in [9.17, 15) is 0 Å². The van der Waals surface area contributed by atoms with Gasteiger partial charge in [-0.05, 0) is 59.8 Å². The number of halogens is 2. The van der Waals surface area contributed by atoms with Crippen molar-refractivity contribution < 1.29 is 4.42 Å². The van der Waals surface area contributed by atoms with Crippen molar-refractivity contribution in [3.8, 4) is 0 Å². The number of nitrogens with one attached hydrogen (secondary N) is 1. The zero-order chi connectivity index (χ0) is 12.4. The molecule has 0 amide bonds. The molecule has 1 unspecified atom stereocenters. The maximum Gasteiger partial charge on any atom is 0.105 e. The summed E-state index contributed by atoms with van der Waals surface area (Å²) < 4.78 is 6.72. The second kappa shape index (κ2) is 6.75. The first-order valence-corrected chi connectivity index (χ1v) is 7.26. The molecule has 0 radical (unpaired) electrons. The minimum atomic E-state index is 0. The van der Waals surface area contributed by atoms with Gasteiger partial charge in [0.1, 0.15) is 11.5 Å². The van der Waals surface area contributed by atoms with Crippen LogP contribution in [0.15, 0.2) is 25.7 Å². The van der Waals surface area contributed by atoms with E-state index in [0.29, 0.717) is 6.04 Å². The molecule has 0 saturated carbocycles. The van der Waals surface area contributed by atoms with Crippen LogP contribution in [0.3, 0.4) is 0 Å². The molecular formula is C13H17BrClNOS. The van der Waals surface area contributed by atoms with Gasteiger partial charge >= 0.3 is 0 Å². The van der Waals surface area contributed by atoms with Gasteiger partial charge in [0.2, 0.25) is 0 Å². The van der Waals surface area contributed by atoms with Crippen molar-refractivity contribution in [2.24, 2.45) is 0 Å². The van der Waals surface area contributed by atoms with Crippen molar-refractivity contribution in [3.63, 3.8) is 0 Å². The maximum absolute atomic E-state index is 5.55. The number of thiophene rings is 1. The molecule has 0 fully saturated rings. The lowest BCUT2D eigenvalue weighted by atomic mass is 10.1. The van der Waals surface area contributed by atoms with Crippen molar-refractivity contribution in [3.05, 3.63) is 43.9 Å². The monoisotopic (exact) mass is 349 g/mol. The molecule has 2 aromatic heterocycles. The minimum Gasteiger partial charge on any atom is -0.466 e. The van der Waals surface area contributed by atoms with Gasteiger partial charge in [-0.1, -0.05) is 0 Å². The Bertz CT molecular complexity index is 509. The summed E-state index contributed by atoms with van der Waals surface area (Å²) in [6, 6.07) is 4.57. The van der Waals surface area contributed by atoms with E-state index in [1.54, 1.807) is 11.3 Å². The average molecular weight is 351 g/mol. The lowest BCUT2D eigenvalue weighted by Crippen LogP contribution is -2.17. The summed E-state index contributed by atoms with van der Waals surface area (Å²) in [5, 5.41) is 5.67. The van der Waals surface area contributed by atoms with Crippen molar-refractivity contribution in [1.82, 2.24) is 5.32 Å². The van der Waals surface area contributed by atoms with Crippen LogP contribution in [-0.2, 0) is 6.54 Å². The Morgan fingerprint density at radius 2 is 2.11 bits per heavy atom. The van der Waals surface area contributed by atoms with Crippen LogP contribution >= 0.6 is 39.7 Å². The minimum absolute atomic E-state index is 0. The van der Waals surface area contributed by atoms with Crippen molar-refractivity contribution >= 4 is 39.7 Å². The smallest absolute Gasteiger partial charge is 0.105 e. The van der Waals surface area contributed by atoms with E-state index in [1.807, 2.05) is 13.8 Å². The van der Waals surface area contributed by atoms with E-state index in [0.717, 1.165) is 18.1 Å². The topological polar surface area (TPSA) is 25.2 Å². The van der Waals surface area contributed by atoms with Gasteiger partial charge in [0.05, 0.1) is 3.79 Å². The molecule has 0 aliphatic carbocycles. The van der Waals surface area contributed by atoms with Crippen LogP contribution in [0.4, 0.5) is 0 Å². The fraction of sp³-hybridized carbons (Fsp3) is 0.385. The highest BCUT2D eigenvalue weighted by Crippen LogP contribution is 2.23. The highest BCUT2D eigenvalue weighted by Gasteiger charge is 2.12. The summed E-state index contributed by atoms with van der Waals surface area (Å²) in [6.07, 6.45) is 0. The SMILES string of the molecule is Cc1cc(C(C)NCc2csc(Br)c2)c(C)o1.Cl. The fourth-order valence-corrected chi connectivity index (χ4v) is 3.11. The quantitative estimate of drug-likeness (QED) is 0.840. The van der Waals surface area contributed by atoms with E-state index in [-0.39, 0.29) is 12.4 Å². The molecule has 1 N–H and O–H groups in total. The summed E-state index contributed by atoms with van der Waals surface area (Å²) in [4.78, 5) is 0. The first kappa shape index (κ1) is 15.8. The maximum atomic E-state index is 5.55. The first-order valence-electron chi connectivity index (χ1n) is 5.59. The molecule has 2 aromatic rings. The molecule has 2 nitrogen and oxygen atoms in total. The Balaban J connectivity index is 0.00000162. The van der Waals surface area contributed by atoms with Gasteiger partial charge in [-0.25, -0.2) is 0 Å². The van der Waals surface area contributed by atoms with Crippen molar-refractivity contribution in [2.45, 2.75) is 33.4 Å². The number of furan rings is 1. The second-order valence-corrected chi connectivity index (χ2v) is 6.52. The number of rotatable bonds is 4. The first-order chi connectivity index (χ1) is 8.06. The third-order valence-corrected chi connectivity index (χ3v) is 4.33.